The van der Waals surface area contributed by atoms with Gasteiger partial charge in [0.1, 0.15) is 0 Å². The van der Waals surface area contributed by atoms with Crippen LogP contribution in [0, 0.1) is 0 Å². The third-order valence-electron chi connectivity index (χ3n) is 1.74. The van der Waals surface area contributed by atoms with Crippen molar-refractivity contribution in [2.24, 2.45) is 0 Å². The van der Waals surface area contributed by atoms with Crippen molar-refractivity contribution >= 4 is 0 Å². The lowest BCUT2D eigenvalue weighted by atomic mass is 10.1. The van der Waals surface area contributed by atoms with Crippen LogP contribution in [0.2, 0.25) is 0 Å². The van der Waals surface area contributed by atoms with Gasteiger partial charge in [-0.1, -0.05) is 0 Å². The lowest BCUT2D eigenvalue weighted by Gasteiger charge is -2.23. The smallest absolute Gasteiger partial charge is 0.0587 e. The molecular formula is C10H24N2O. The van der Waals surface area contributed by atoms with Gasteiger partial charge in [0.05, 0.1) is 6.61 Å². The number of hydrogen-bond donors (Lipinski definition) is 2. The van der Waals surface area contributed by atoms with Crippen molar-refractivity contribution in [2.75, 3.05) is 26.8 Å². The molecule has 0 rings (SSSR count). The van der Waals surface area contributed by atoms with Crippen molar-refractivity contribution in [1.29, 1.82) is 0 Å². The summed E-state index contributed by atoms with van der Waals surface area (Å²) in [4.78, 5) is 0. The van der Waals surface area contributed by atoms with Crippen molar-refractivity contribution in [1.82, 2.24) is 10.6 Å². The number of nitrogens with one attached hydrogen (secondary N) is 2. The Morgan fingerprint density at radius 1 is 1.31 bits per heavy atom. The summed E-state index contributed by atoms with van der Waals surface area (Å²) in [6.07, 6.45) is 0. The second kappa shape index (κ2) is 6.35. The zero-order chi connectivity index (χ0) is 10.3. The third kappa shape index (κ3) is 9.80. The van der Waals surface area contributed by atoms with E-state index in [4.69, 9.17) is 4.74 Å². The highest BCUT2D eigenvalue weighted by Crippen LogP contribution is 1.97. The molecule has 0 aromatic heterocycles. The van der Waals surface area contributed by atoms with Crippen LogP contribution in [0.5, 0.6) is 0 Å². The zero-order valence-corrected chi connectivity index (χ0v) is 9.61. The van der Waals surface area contributed by atoms with Gasteiger partial charge in [-0.2, -0.15) is 0 Å². The summed E-state index contributed by atoms with van der Waals surface area (Å²) < 4.78 is 4.95. The first-order chi connectivity index (χ1) is 5.95. The summed E-state index contributed by atoms with van der Waals surface area (Å²) in [5.74, 6) is 0. The van der Waals surface area contributed by atoms with Crippen LogP contribution < -0.4 is 10.6 Å². The summed E-state index contributed by atoms with van der Waals surface area (Å²) in [5, 5.41) is 6.81. The normalized spacial score (nSPS) is 14.5. The van der Waals surface area contributed by atoms with Crippen LogP contribution in [0.15, 0.2) is 0 Å². The highest BCUT2D eigenvalue weighted by molar-refractivity contribution is 4.74. The van der Waals surface area contributed by atoms with E-state index in [-0.39, 0.29) is 5.54 Å². The SMILES string of the molecule is COCCNC(C)CNC(C)(C)C. The lowest BCUT2D eigenvalue weighted by Crippen LogP contribution is -2.45. The Balaban J connectivity index is 3.35. The van der Waals surface area contributed by atoms with Crippen LogP contribution >= 0.6 is 0 Å². The van der Waals surface area contributed by atoms with Crippen molar-refractivity contribution in [3.63, 3.8) is 0 Å². The molecule has 0 spiro atoms. The van der Waals surface area contributed by atoms with Crippen LogP contribution in [0.1, 0.15) is 27.7 Å². The molecule has 80 valence electrons. The first kappa shape index (κ1) is 12.9. The van der Waals surface area contributed by atoms with E-state index < -0.39 is 0 Å². The fraction of sp³-hybridized carbons (Fsp3) is 1.00. The monoisotopic (exact) mass is 188 g/mol. The molecule has 0 aromatic carbocycles. The summed E-state index contributed by atoms with van der Waals surface area (Å²) in [6, 6.07) is 0.495. The second-order valence-corrected chi connectivity index (χ2v) is 4.48. The van der Waals surface area contributed by atoms with Gasteiger partial charge in [-0.05, 0) is 27.7 Å². The molecule has 1 atom stereocenters. The Morgan fingerprint density at radius 2 is 1.92 bits per heavy atom. The second-order valence-electron chi connectivity index (χ2n) is 4.48. The van der Waals surface area contributed by atoms with Gasteiger partial charge in [-0.25, -0.2) is 0 Å². The maximum atomic E-state index is 4.95. The maximum Gasteiger partial charge on any atom is 0.0587 e. The average molecular weight is 188 g/mol. The fourth-order valence-electron chi connectivity index (χ4n) is 0.939. The molecule has 0 aliphatic rings. The lowest BCUT2D eigenvalue weighted by molar-refractivity contribution is 0.195. The highest BCUT2D eigenvalue weighted by Gasteiger charge is 2.10. The number of hydrogen-bond acceptors (Lipinski definition) is 3. The molecule has 3 nitrogen and oxygen atoms in total. The average Bonchev–Trinajstić information content (AvgIpc) is 2.00. The van der Waals surface area contributed by atoms with E-state index in [2.05, 4.69) is 38.3 Å². The van der Waals surface area contributed by atoms with Gasteiger partial charge in [0.2, 0.25) is 0 Å². The van der Waals surface area contributed by atoms with Gasteiger partial charge in [0.25, 0.3) is 0 Å². The third-order valence-corrected chi connectivity index (χ3v) is 1.74. The minimum Gasteiger partial charge on any atom is -0.383 e. The van der Waals surface area contributed by atoms with Crippen LogP contribution in [0.25, 0.3) is 0 Å². The molecule has 0 fully saturated rings. The van der Waals surface area contributed by atoms with E-state index in [1.54, 1.807) is 7.11 Å². The van der Waals surface area contributed by atoms with E-state index in [0.29, 0.717) is 6.04 Å². The van der Waals surface area contributed by atoms with Gasteiger partial charge in [-0.3, -0.25) is 0 Å². The molecule has 2 N–H and O–H groups in total. The zero-order valence-electron chi connectivity index (χ0n) is 9.61. The Labute approximate surface area is 82.2 Å². The van der Waals surface area contributed by atoms with Crippen molar-refractivity contribution in [2.45, 2.75) is 39.3 Å². The fourth-order valence-corrected chi connectivity index (χ4v) is 0.939. The number of ether oxygens (including phenoxy) is 1. The Kier molecular flexibility index (Phi) is 6.29. The molecule has 0 radical (unpaired) electrons. The molecule has 3 heteroatoms. The van der Waals surface area contributed by atoms with Crippen LogP contribution in [0.4, 0.5) is 0 Å². The summed E-state index contributed by atoms with van der Waals surface area (Å²) in [7, 11) is 1.72. The molecule has 0 aromatic rings. The molecule has 0 amide bonds. The molecule has 0 aliphatic heterocycles. The quantitative estimate of drug-likeness (QED) is 0.610. The Bertz CT molecular complexity index is 121. The standard InChI is InChI=1S/C10H24N2O/c1-9(11-6-7-13-5)8-12-10(2,3)4/h9,11-12H,6-8H2,1-5H3. The Morgan fingerprint density at radius 3 is 2.38 bits per heavy atom. The van der Waals surface area contributed by atoms with Gasteiger partial charge < -0.3 is 15.4 Å². The van der Waals surface area contributed by atoms with Crippen LogP contribution in [-0.4, -0.2) is 38.4 Å². The minimum atomic E-state index is 0.206. The number of methoxy groups -OCH3 is 1. The molecule has 0 saturated carbocycles. The van der Waals surface area contributed by atoms with E-state index in [1.807, 2.05) is 0 Å². The van der Waals surface area contributed by atoms with Gasteiger partial charge in [-0.15, -0.1) is 0 Å². The summed E-state index contributed by atoms with van der Waals surface area (Å²) in [6.45, 7) is 11.4. The van der Waals surface area contributed by atoms with E-state index >= 15 is 0 Å². The molecule has 13 heavy (non-hydrogen) atoms. The first-order valence-electron chi connectivity index (χ1n) is 4.93. The first-order valence-corrected chi connectivity index (χ1v) is 4.93. The Hall–Kier alpha value is -0.120. The van der Waals surface area contributed by atoms with Crippen molar-refractivity contribution in [3.8, 4) is 0 Å². The molecule has 0 saturated heterocycles. The minimum absolute atomic E-state index is 0.206. The molecule has 0 heterocycles. The van der Waals surface area contributed by atoms with Gasteiger partial charge in [0, 0.05) is 31.8 Å². The van der Waals surface area contributed by atoms with E-state index in [1.165, 1.54) is 0 Å². The maximum absolute atomic E-state index is 4.95. The highest BCUT2D eigenvalue weighted by atomic mass is 16.5. The van der Waals surface area contributed by atoms with E-state index in [9.17, 15) is 0 Å². The summed E-state index contributed by atoms with van der Waals surface area (Å²) in [5.41, 5.74) is 0.206. The predicted octanol–water partition coefficient (Wildman–Crippen LogP) is 0.999. The largest absolute Gasteiger partial charge is 0.383 e. The van der Waals surface area contributed by atoms with E-state index in [0.717, 1.165) is 19.7 Å². The van der Waals surface area contributed by atoms with Crippen LogP contribution in [0.3, 0.4) is 0 Å². The van der Waals surface area contributed by atoms with Gasteiger partial charge >= 0.3 is 0 Å². The molecule has 1 unspecified atom stereocenters. The van der Waals surface area contributed by atoms with Crippen molar-refractivity contribution in [3.05, 3.63) is 0 Å². The van der Waals surface area contributed by atoms with Gasteiger partial charge in [0.15, 0.2) is 0 Å². The van der Waals surface area contributed by atoms with Crippen LogP contribution in [-0.2, 0) is 4.74 Å². The molecular weight excluding hydrogens is 164 g/mol. The summed E-state index contributed by atoms with van der Waals surface area (Å²) >= 11 is 0. The van der Waals surface area contributed by atoms with Crippen molar-refractivity contribution < 1.29 is 4.74 Å². The topological polar surface area (TPSA) is 33.3 Å². The molecule has 0 bridgehead atoms. The predicted molar refractivity (Wildman–Crippen MR) is 57.1 cm³/mol. The number of rotatable bonds is 6. The molecule has 0 aliphatic carbocycles.